The van der Waals surface area contributed by atoms with Gasteiger partial charge in [-0.05, 0) is 41.1 Å². The van der Waals surface area contributed by atoms with Crippen molar-refractivity contribution in [2.45, 2.75) is 13.0 Å². The van der Waals surface area contributed by atoms with Gasteiger partial charge >= 0.3 is 0 Å². The molecular weight excluding hydrogens is 258 g/mol. The molecule has 2 N–H and O–H groups in total. The number of rotatable bonds is 1. The molecule has 2 heterocycles. The van der Waals surface area contributed by atoms with E-state index < -0.39 is 0 Å². The van der Waals surface area contributed by atoms with E-state index in [1.54, 1.807) is 0 Å². The molecule has 21 heavy (non-hydrogen) atoms. The molecule has 4 rings (SSSR count). The van der Waals surface area contributed by atoms with Gasteiger partial charge in [-0.2, -0.15) is 0 Å². The minimum absolute atomic E-state index is 0.835. The number of nitrogens with two attached hydrogens (primary N) is 1. The first kappa shape index (κ1) is 12.2. The quantitative estimate of drug-likeness (QED) is 0.692. The number of hydrogen-bond donors (Lipinski definition) is 1. The summed E-state index contributed by atoms with van der Waals surface area (Å²) in [5.74, 6) is 1.07. The molecule has 0 fully saturated rings. The lowest BCUT2D eigenvalue weighted by atomic mass is 9.98. The summed E-state index contributed by atoms with van der Waals surface area (Å²) < 4.78 is 0. The molecule has 1 aliphatic rings. The number of fused-ring (bicyclic) bond motifs is 2. The van der Waals surface area contributed by atoms with Gasteiger partial charge in [0, 0.05) is 30.4 Å². The monoisotopic (exact) mass is 275 g/mol. The molecule has 0 amide bonds. The highest BCUT2D eigenvalue weighted by molar-refractivity contribution is 5.92. The van der Waals surface area contributed by atoms with Gasteiger partial charge in [-0.1, -0.05) is 30.3 Å². The summed E-state index contributed by atoms with van der Waals surface area (Å²) in [7, 11) is 0. The smallest absolute Gasteiger partial charge is 0.136 e. The van der Waals surface area contributed by atoms with Crippen LogP contribution in [0.5, 0.6) is 0 Å². The second-order valence-corrected chi connectivity index (χ2v) is 5.56. The van der Waals surface area contributed by atoms with Gasteiger partial charge < -0.3 is 10.6 Å². The Bertz CT molecular complexity index is 805. The molecule has 0 bridgehead atoms. The van der Waals surface area contributed by atoms with Crippen molar-refractivity contribution < 1.29 is 0 Å². The summed E-state index contributed by atoms with van der Waals surface area (Å²) in [5.41, 5.74) is 9.48. The van der Waals surface area contributed by atoms with Crippen LogP contribution in [-0.2, 0) is 13.0 Å². The summed E-state index contributed by atoms with van der Waals surface area (Å²) in [4.78, 5) is 6.97. The maximum Gasteiger partial charge on any atom is 0.136 e. The van der Waals surface area contributed by atoms with Crippen LogP contribution in [0.15, 0.2) is 54.7 Å². The van der Waals surface area contributed by atoms with E-state index in [1.807, 2.05) is 12.3 Å². The van der Waals surface area contributed by atoms with E-state index in [2.05, 4.69) is 52.3 Å². The van der Waals surface area contributed by atoms with Crippen LogP contribution in [0.1, 0.15) is 11.1 Å². The maximum absolute atomic E-state index is 5.92. The van der Waals surface area contributed by atoms with E-state index in [0.717, 1.165) is 31.0 Å². The number of pyridine rings is 1. The predicted octanol–water partition coefficient (Wildman–Crippen LogP) is 3.38. The Kier molecular flexibility index (Phi) is 2.78. The topological polar surface area (TPSA) is 42.1 Å². The third kappa shape index (κ3) is 2.11. The summed E-state index contributed by atoms with van der Waals surface area (Å²) in [6.07, 6.45) is 2.94. The predicted molar refractivity (Wildman–Crippen MR) is 87.4 cm³/mol. The average Bonchev–Trinajstić information content (AvgIpc) is 2.53. The second-order valence-electron chi connectivity index (χ2n) is 5.56. The number of aromatic nitrogens is 1. The van der Waals surface area contributed by atoms with Crippen LogP contribution in [-0.4, -0.2) is 11.5 Å². The molecule has 0 radical (unpaired) electrons. The Morgan fingerprint density at radius 2 is 1.90 bits per heavy atom. The Labute approximate surface area is 124 Å². The highest BCUT2D eigenvalue weighted by Gasteiger charge is 2.19. The number of benzene rings is 2. The molecule has 104 valence electrons. The van der Waals surface area contributed by atoms with E-state index >= 15 is 0 Å². The molecule has 0 atom stereocenters. The third-order valence-electron chi connectivity index (χ3n) is 4.19. The molecule has 3 aromatic rings. The molecule has 3 nitrogen and oxygen atoms in total. The van der Waals surface area contributed by atoms with E-state index in [1.165, 1.54) is 21.9 Å². The number of anilines is 2. The van der Waals surface area contributed by atoms with Crippen molar-refractivity contribution in [1.82, 2.24) is 4.98 Å². The molecule has 0 aliphatic carbocycles. The second kappa shape index (κ2) is 4.77. The molecule has 2 aromatic carbocycles. The van der Waals surface area contributed by atoms with E-state index in [4.69, 9.17) is 5.73 Å². The maximum atomic E-state index is 5.92. The lowest BCUT2D eigenvalue weighted by molar-refractivity contribution is 0.724. The van der Waals surface area contributed by atoms with Gasteiger partial charge in [-0.15, -0.1) is 0 Å². The molecule has 1 aliphatic heterocycles. The molecule has 3 heteroatoms. The Morgan fingerprint density at radius 3 is 2.86 bits per heavy atom. The lowest BCUT2D eigenvalue weighted by Gasteiger charge is -2.30. The van der Waals surface area contributed by atoms with Crippen LogP contribution in [0.3, 0.4) is 0 Å². The first-order chi connectivity index (χ1) is 10.3. The minimum atomic E-state index is 0.835. The van der Waals surface area contributed by atoms with E-state index in [9.17, 15) is 0 Å². The zero-order valence-corrected chi connectivity index (χ0v) is 11.8. The highest BCUT2D eigenvalue weighted by Crippen LogP contribution is 2.29. The first-order valence-corrected chi connectivity index (χ1v) is 7.27. The molecule has 0 spiro atoms. The SMILES string of the molecule is Nc1ccc2c(c1)CN(c1nccc3ccccc13)CC2. The van der Waals surface area contributed by atoms with Crippen molar-refractivity contribution in [3.8, 4) is 0 Å². The third-order valence-corrected chi connectivity index (χ3v) is 4.19. The van der Waals surface area contributed by atoms with Crippen molar-refractivity contribution in [3.63, 3.8) is 0 Å². The van der Waals surface area contributed by atoms with Crippen molar-refractivity contribution in [3.05, 3.63) is 65.9 Å². The minimum Gasteiger partial charge on any atom is -0.399 e. The lowest BCUT2D eigenvalue weighted by Crippen LogP contribution is -2.31. The Balaban J connectivity index is 1.77. The van der Waals surface area contributed by atoms with Gasteiger partial charge in [-0.3, -0.25) is 0 Å². The molecule has 0 unspecified atom stereocenters. The van der Waals surface area contributed by atoms with Gasteiger partial charge in [0.25, 0.3) is 0 Å². The summed E-state index contributed by atoms with van der Waals surface area (Å²) in [6, 6.07) is 16.7. The van der Waals surface area contributed by atoms with Gasteiger partial charge in [0.05, 0.1) is 0 Å². The van der Waals surface area contributed by atoms with Gasteiger partial charge in [0.15, 0.2) is 0 Å². The summed E-state index contributed by atoms with van der Waals surface area (Å²) in [5, 5.41) is 2.45. The molecule has 1 aromatic heterocycles. The molecule has 0 saturated carbocycles. The van der Waals surface area contributed by atoms with Crippen LogP contribution < -0.4 is 10.6 Å². The highest BCUT2D eigenvalue weighted by atomic mass is 15.2. The molecule has 0 saturated heterocycles. The molecular formula is C18H17N3. The number of hydrogen-bond acceptors (Lipinski definition) is 3. The zero-order chi connectivity index (χ0) is 14.2. The summed E-state index contributed by atoms with van der Waals surface area (Å²) in [6.45, 7) is 1.87. The van der Waals surface area contributed by atoms with Crippen LogP contribution in [0.2, 0.25) is 0 Å². The Hall–Kier alpha value is -2.55. The average molecular weight is 275 g/mol. The van der Waals surface area contributed by atoms with Crippen LogP contribution in [0, 0.1) is 0 Å². The fourth-order valence-electron chi connectivity index (χ4n) is 3.11. The Morgan fingerprint density at radius 1 is 1.00 bits per heavy atom. The first-order valence-electron chi connectivity index (χ1n) is 7.27. The van der Waals surface area contributed by atoms with Gasteiger partial charge in [-0.25, -0.2) is 4.98 Å². The van der Waals surface area contributed by atoms with Crippen LogP contribution >= 0.6 is 0 Å². The van der Waals surface area contributed by atoms with Crippen LogP contribution in [0.4, 0.5) is 11.5 Å². The zero-order valence-electron chi connectivity index (χ0n) is 11.8. The van der Waals surface area contributed by atoms with Crippen molar-refractivity contribution in [2.75, 3.05) is 17.2 Å². The normalized spacial score (nSPS) is 14.2. The standard InChI is InChI=1S/C18H17N3/c19-16-6-5-13-8-10-21(12-15(13)11-16)18-17-4-2-1-3-14(17)7-9-20-18/h1-7,9,11H,8,10,12,19H2. The van der Waals surface area contributed by atoms with Crippen molar-refractivity contribution in [1.29, 1.82) is 0 Å². The van der Waals surface area contributed by atoms with Crippen molar-refractivity contribution in [2.24, 2.45) is 0 Å². The number of nitrogens with zero attached hydrogens (tertiary/aromatic N) is 2. The van der Waals surface area contributed by atoms with Crippen LogP contribution in [0.25, 0.3) is 10.8 Å². The fourth-order valence-corrected chi connectivity index (χ4v) is 3.11. The fraction of sp³-hybridized carbons (Fsp3) is 0.167. The van der Waals surface area contributed by atoms with Gasteiger partial charge in [0.2, 0.25) is 0 Å². The van der Waals surface area contributed by atoms with Gasteiger partial charge in [0.1, 0.15) is 5.82 Å². The summed E-state index contributed by atoms with van der Waals surface area (Å²) >= 11 is 0. The van der Waals surface area contributed by atoms with E-state index in [0.29, 0.717) is 0 Å². The van der Waals surface area contributed by atoms with Crippen molar-refractivity contribution >= 4 is 22.3 Å². The van der Waals surface area contributed by atoms with E-state index in [-0.39, 0.29) is 0 Å². The largest absolute Gasteiger partial charge is 0.399 e. The number of nitrogen functional groups attached to an aromatic ring is 1.